The molecule has 28 heavy (non-hydrogen) atoms. The van der Waals surface area contributed by atoms with Gasteiger partial charge in [0.25, 0.3) is 17.5 Å². The van der Waals surface area contributed by atoms with Gasteiger partial charge < -0.3 is 15.4 Å². The lowest BCUT2D eigenvalue weighted by Crippen LogP contribution is -2.35. The van der Waals surface area contributed by atoms with Crippen molar-refractivity contribution in [3.8, 4) is 0 Å². The zero-order valence-electron chi connectivity index (χ0n) is 15.3. The summed E-state index contributed by atoms with van der Waals surface area (Å²) in [5, 5.41) is 15.7. The molecule has 0 saturated carbocycles. The number of benzene rings is 2. The van der Waals surface area contributed by atoms with Crippen molar-refractivity contribution in [3.63, 3.8) is 0 Å². The van der Waals surface area contributed by atoms with E-state index in [1.54, 1.807) is 18.2 Å². The van der Waals surface area contributed by atoms with Gasteiger partial charge in [-0.25, -0.2) is 0 Å². The third kappa shape index (κ3) is 5.90. The van der Waals surface area contributed by atoms with Gasteiger partial charge in [-0.2, -0.15) is 0 Å². The fourth-order valence-corrected chi connectivity index (χ4v) is 2.27. The van der Waals surface area contributed by atoms with Gasteiger partial charge in [0, 0.05) is 23.4 Å². The second-order valence-electron chi connectivity index (χ2n) is 5.98. The molecule has 2 aromatic rings. The second kappa shape index (κ2) is 9.26. The third-order valence-electron chi connectivity index (χ3n) is 3.68. The van der Waals surface area contributed by atoms with E-state index in [0.29, 0.717) is 5.69 Å². The number of nitro groups is 1. The van der Waals surface area contributed by atoms with Crippen molar-refractivity contribution in [2.24, 2.45) is 0 Å². The summed E-state index contributed by atoms with van der Waals surface area (Å²) in [7, 11) is 0. The number of rotatable bonds is 7. The summed E-state index contributed by atoms with van der Waals surface area (Å²) in [6, 6.07) is 12.2. The molecule has 0 saturated heterocycles. The summed E-state index contributed by atoms with van der Waals surface area (Å²) in [4.78, 5) is 46.0. The van der Waals surface area contributed by atoms with Crippen molar-refractivity contribution in [2.75, 3.05) is 11.9 Å². The molecule has 0 heterocycles. The molecule has 2 rings (SSSR count). The first kappa shape index (κ1) is 20.6. The van der Waals surface area contributed by atoms with Gasteiger partial charge in [-0.05, 0) is 37.6 Å². The number of hydrogen-bond donors (Lipinski definition) is 2. The maximum atomic E-state index is 12.1. The number of nitrogens with zero attached hydrogens (tertiary/aromatic N) is 1. The fraction of sp³-hybridized carbons (Fsp3) is 0.211. The van der Waals surface area contributed by atoms with E-state index >= 15 is 0 Å². The predicted molar refractivity (Wildman–Crippen MR) is 101 cm³/mol. The molecule has 0 unspecified atom stereocenters. The minimum absolute atomic E-state index is 0.0345. The van der Waals surface area contributed by atoms with Crippen molar-refractivity contribution < 1.29 is 24.0 Å². The highest BCUT2D eigenvalue weighted by Crippen LogP contribution is 2.13. The van der Waals surface area contributed by atoms with Crippen molar-refractivity contribution in [2.45, 2.75) is 20.0 Å². The van der Waals surface area contributed by atoms with Gasteiger partial charge in [0.15, 0.2) is 6.10 Å². The molecular weight excluding hydrogens is 366 g/mol. The maximum Gasteiger partial charge on any atom is 0.326 e. The Hall–Kier alpha value is -3.75. The van der Waals surface area contributed by atoms with Crippen LogP contribution in [0.25, 0.3) is 0 Å². The summed E-state index contributed by atoms with van der Waals surface area (Å²) in [5.41, 5.74) is 1.34. The average Bonchev–Trinajstić information content (AvgIpc) is 2.66. The minimum Gasteiger partial charge on any atom is -0.451 e. The van der Waals surface area contributed by atoms with E-state index in [2.05, 4.69) is 10.6 Å². The molecule has 9 nitrogen and oxygen atoms in total. The maximum absolute atomic E-state index is 12.1. The van der Waals surface area contributed by atoms with E-state index < -0.39 is 35.4 Å². The normalized spacial score (nSPS) is 11.2. The van der Waals surface area contributed by atoms with E-state index in [9.17, 15) is 24.5 Å². The zero-order valence-corrected chi connectivity index (χ0v) is 15.3. The molecule has 2 amide bonds. The molecule has 0 aromatic heterocycles. The number of nitrogens with one attached hydrogen (secondary N) is 2. The molecular formula is C19H19N3O6. The predicted octanol–water partition coefficient (Wildman–Crippen LogP) is 2.20. The molecule has 2 N–H and O–H groups in total. The monoisotopic (exact) mass is 385 g/mol. The Bertz CT molecular complexity index is 912. The van der Waals surface area contributed by atoms with Crippen molar-refractivity contribution in [1.82, 2.24) is 5.32 Å². The molecule has 0 fully saturated rings. The molecule has 0 radical (unpaired) electrons. The van der Waals surface area contributed by atoms with E-state index in [4.69, 9.17) is 4.74 Å². The van der Waals surface area contributed by atoms with Gasteiger partial charge in [0.05, 0.1) is 4.92 Å². The topological polar surface area (TPSA) is 128 Å². The Labute approximate surface area is 160 Å². The number of anilines is 1. The standard InChI is InChI=1S/C19H19N3O6/c1-12-5-3-7-15(9-12)21-18(24)13(2)28-17(23)11-20-19(25)14-6-4-8-16(10-14)22(26)27/h3-10,13H,11H2,1-2H3,(H,20,25)(H,21,24)/t13-/m0/s1. The minimum atomic E-state index is -1.07. The van der Waals surface area contributed by atoms with Crippen molar-refractivity contribution in [1.29, 1.82) is 0 Å². The Morgan fingerprint density at radius 2 is 1.86 bits per heavy atom. The summed E-state index contributed by atoms with van der Waals surface area (Å²) in [6.07, 6.45) is -1.07. The number of hydrogen-bond acceptors (Lipinski definition) is 6. The SMILES string of the molecule is Cc1cccc(NC(=O)[C@H](C)OC(=O)CNC(=O)c2cccc([N+](=O)[O-])c2)c1. The molecule has 146 valence electrons. The summed E-state index contributed by atoms with van der Waals surface area (Å²) in [5.74, 6) is -1.99. The van der Waals surface area contributed by atoms with Crippen LogP contribution in [-0.4, -0.2) is 35.4 Å². The number of ether oxygens (including phenoxy) is 1. The molecule has 1 atom stereocenters. The molecule has 2 aromatic carbocycles. The lowest BCUT2D eigenvalue weighted by molar-refractivity contribution is -0.384. The third-order valence-corrected chi connectivity index (χ3v) is 3.68. The first-order valence-electron chi connectivity index (χ1n) is 8.36. The lowest BCUT2D eigenvalue weighted by atomic mass is 10.2. The highest BCUT2D eigenvalue weighted by Gasteiger charge is 2.19. The van der Waals surface area contributed by atoms with Crippen molar-refractivity contribution in [3.05, 3.63) is 69.8 Å². The van der Waals surface area contributed by atoms with Gasteiger partial charge >= 0.3 is 5.97 Å². The number of nitro benzene ring substituents is 1. The summed E-state index contributed by atoms with van der Waals surface area (Å²) in [6.45, 7) is 2.80. The van der Waals surface area contributed by atoms with Gasteiger partial charge in [-0.15, -0.1) is 0 Å². The van der Waals surface area contributed by atoms with E-state index in [1.165, 1.54) is 25.1 Å². The molecule has 0 spiro atoms. The molecule has 0 aliphatic rings. The van der Waals surface area contributed by atoms with Crippen LogP contribution in [0.15, 0.2) is 48.5 Å². The number of aryl methyl sites for hydroxylation is 1. The first-order chi connectivity index (χ1) is 13.3. The largest absolute Gasteiger partial charge is 0.451 e. The Kier molecular flexibility index (Phi) is 6.80. The van der Waals surface area contributed by atoms with Crippen LogP contribution in [0, 0.1) is 17.0 Å². The summed E-state index contributed by atoms with van der Waals surface area (Å²) < 4.78 is 4.99. The van der Waals surface area contributed by atoms with Crippen LogP contribution < -0.4 is 10.6 Å². The van der Waals surface area contributed by atoms with Crippen molar-refractivity contribution >= 4 is 29.2 Å². The van der Waals surface area contributed by atoms with Crippen LogP contribution in [0.4, 0.5) is 11.4 Å². The molecule has 0 bridgehead atoms. The Balaban J connectivity index is 1.84. The van der Waals surface area contributed by atoms with E-state index in [-0.39, 0.29) is 11.3 Å². The Morgan fingerprint density at radius 3 is 2.54 bits per heavy atom. The Morgan fingerprint density at radius 1 is 1.14 bits per heavy atom. The number of carbonyl (C=O) groups excluding carboxylic acids is 3. The first-order valence-corrected chi connectivity index (χ1v) is 8.36. The van der Waals surface area contributed by atoms with E-state index in [0.717, 1.165) is 11.6 Å². The van der Waals surface area contributed by atoms with Gasteiger partial charge in [-0.3, -0.25) is 24.5 Å². The fourth-order valence-electron chi connectivity index (χ4n) is 2.27. The molecule has 0 aliphatic carbocycles. The second-order valence-corrected chi connectivity index (χ2v) is 5.98. The van der Waals surface area contributed by atoms with Crippen LogP contribution in [0.3, 0.4) is 0 Å². The van der Waals surface area contributed by atoms with Crippen LogP contribution >= 0.6 is 0 Å². The van der Waals surface area contributed by atoms with Crippen LogP contribution in [0.2, 0.25) is 0 Å². The van der Waals surface area contributed by atoms with Gasteiger partial charge in [0.1, 0.15) is 6.54 Å². The zero-order chi connectivity index (χ0) is 20.7. The van der Waals surface area contributed by atoms with Gasteiger partial charge in [0.2, 0.25) is 0 Å². The van der Waals surface area contributed by atoms with E-state index in [1.807, 2.05) is 13.0 Å². The van der Waals surface area contributed by atoms with Crippen LogP contribution in [0.5, 0.6) is 0 Å². The lowest BCUT2D eigenvalue weighted by Gasteiger charge is -2.14. The smallest absolute Gasteiger partial charge is 0.326 e. The highest BCUT2D eigenvalue weighted by molar-refractivity contribution is 5.97. The highest BCUT2D eigenvalue weighted by atomic mass is 16.6. The summed E-state index contributed by atoms with van der Waals surface area (Å²) >= 11 is 0. The quantitative estimate of drug-likeness (QED) is 0.427. The average molecular weight is 385 g/mol. The van der Waals surface area contributed by atoms with Gasteiger partial charge in [-0.1, -0.05) is 18.2 Å². The number of esters is 1. The van der Waals surface area contributed by atoms with Crippen LogP contribution in [-0.2, 0) is 14.3 Å². The number of carbonyl (C=O) groups is 3. The molecule has 9 heteroatoms. The number of amides is 2. The number of non-ortho nitro benzene ring substituents is 1. The molecule has 0 aliphatic heterocycles. The van der Waals surface area contributed by atoms with Crippen LogP contribution in [0.1, 0.15) is 22.8 Å².